The molecule has 0 aliphatic heterocycles. The van der Waals surface area contributed by atoms with Gasteiger partial charge in [-0.1, -0.05) is 17.7 Å². The van der Waals surface area contributed by atoms with Crippen molar-refractivity contribution in [3.8, 4) is 11.4 Å². The lowest BCUT2D eigenvalue weighted by Crippen LogP contribution is -2.20. The van der Waals surface area contributed by atoms with Crippen LogP contribution in [-0.4, -0.2) is 22.8 Å². The molecule has 0 radical (unpaired) electrons. The van der Waals surface area contributed by atoms with Crippen LogP contribution in [0.15, 0.2) is 48.7 Å². The monoisotopic (exact) mass is 389 g/mol. The number of ether oxygens (including phenoxy) is 1. The first-order valence-electron chi connectivity index (χ1n) is 8.39. The zero-order valence-electron chi connectivity index (χ0n) is 15.5. The summed E-state index contributed by atoms with van der Waals surface area (Å²) >= 11 is 0. The van der Waals surface area contributed by atoms with Crippen molar-refractivity contribution in [3.05, 3.63) is 71.0 Å². The zero-order valence-corrected chi connectivity index (χ0v) is 15.5. The maximum atomic E-state index is 13.7. The van der Waals surface area contributed by atoms with Crippen molar-refractivity contribution < 1.29 is 22.7 Å². The van der Waals surface area contributed by atoms with Crippen LogP contribution in [0.25, 0.3) is 5.69 Å². The Morgan fingerprint density at radius 1 is 1.11 bits per heavy atom. The molecule has 8 heteroatoms. The Labute approximate surface area is 159 Å². The van der Waals surface area contributed by atoms with E-state index >= 15 is 0 Å². The fourth-order valence-corrected chi connectivity index (χ4v) is 2.82. The summed E-state index contributed by atoms with van der Waals surface area (Å²) in [6.07, 6.45) is -3.84. The van der Waals surface area contributed by atoms with Crippen LogP contribution in [0.3, 0.4) is 0 Å². The molecule has 0 unspecified atom stereocenters. The number of alkyl halides is 3. The minimum Gasteiger partial charge on any atom is -0.496 e. The quantitative estimate of drug-likeness (QED) is 0.699. The number of anilines is 1. The molecule has 1 heterocycles. The summed E-state index contributed by atoms with van der Waals surface area (Å²) in [6, 6.07) is 11.2. The number of aryl methyl sites for hydroxylation is 2. The van der Waals surface area contributed by atoms with Gasteiger partial charge in [-0.15, -0.1) is 0 Å². The van der Waals surface area contributed by atoms with Gasteiger partial charge in [-0.2, -0.15) is 18.3 Å². The number of benzene rings is 2. The van der Waals surface area contributed by atoms with Gasteiger partial charge < -0.3 is 10.1 Å². The van der Waals surface area contributed by atoms with E-state index in [0.29, 0.717) is 11.4 Å². The van der Waals surface area contributed by atoms with E-state index in [1.165, 1.54) is 19.2 Å². The number of hydrogen-bond donors (Lipinski definition) is 1. The average molecular weight is 389 g/mol. The third-order valence-electron chi connectivity index (χ3n) is 4.21. The van der Waals surface area contributed by atoms with Crippen LogP contribution in [-0.2, 0) is 6.18 Å². The molecule has 3 rings (SSSR count). The molecule has 0 fully saturated rings. The van der Waals surface area contributed by atoms with Gasteiger partial charge in [0.15, 0.2) is 5.69 Å². The van der Waals surface area contributed by atoms with Crippen LogP contribution in [0.2, 0.25) is 0 Å². The Hall–Kier alpha value is -3.29. The SMILES string of the molecule is COc1ccc(NC(=O)c2cnn(-c3ccc(C)cc3)c2C(F)(F)F)cc1C. The zero-order chi connectivity index (χ0) is 20.5. The number of methoxy groups -OCH3 is 1. The molecule has 0 aliphatic rings. The second-order valence-electron chi connectivity index (χ2n) is 6.29. The number of nitrogens with zero attached hydrogens (tertiary/aromatic N) is 2. The van der Waals surface area contributed by atoms with Gasteiger partial charge in [0.05, 0.1) is 24.6 Å². The second-order valence-corrected chi connectivity index (χ2v) is 6.29. The minimum atomic E-state index is -4.76. The molecule has 28 heavy (non-hydrogen) atoms. The number of halogens is 3. The number of amides is 1. The summed E-state index contributed by atoms with van der Waals surface area (Å²) in [5.41, 5.74) is 0.543. The molecule has 0 atom stereocenters. The van der Waals surface area contributed by atoms with E-state index in [2.05, 4.69) is 10.4 Å². The molecular formula is C20H18F3N3O2. The van der Waals surface area contributed by atoms with Crippen molar-refractivity contribution in [2.24, 2.45) is 0 Å². The van der Waals surface area contributed by atoms with Crippen molar-refractivity contribution >= 4 is 11.6 Å². The highest BCUT2D eigenvalue weighted by molar-refractivity contribution is 6.05. The van der Waals surface area contributed by atoms with E-state index in [-0.39, 0.29) is 5.69 Å². The number of aromatic nitrogens is 2. The smallest absolute Gasteiger partial charge is 0.434 e. The summed E-state index contributed by atoms with van der Waals surface area (Å²) in [5, 5.41) is 6.29. The van der Waals surface area contributed by atoms with Gasteiger partial charge in [0.2, 0.25) is 0 Å². The van der Waals surface area contributed by atoms with E-state index in [0.717, 1.165) is 22.0 Å². The topological polar surface area (TPSA) is 56.1 Å². The molecule has 0 spiro atoms. The lowest BCUT2D eigenvalue weighted by Gasteiger charge is -2.13. The first kappa shape index (κ1) is 19.5. The number of carbonyl (C=O) groups excluding carboxylic acids is 1. The van der Waals surface area contributed by atoms with Crippen molar-refractivity contribution in [2.45, 2.75) is 20.0 Å². The third-order valence-corrected chi connectivity index (χ3v) is 4.21. The number of nitrogens with one attached hydrogen (secondary N) is 1. The number of rotatable bonds is 4. The predicted molar refractivity (Wildman–Crippen MR) is 99.0 cm³/mol. The van der Waals surface area contributed by atoms with Gasteiger partial charge in [0.25, 0.3) is 5.91 Å². The summed E-state index contributed by atoms with van der Waals surface area (Å²) in [6.45, 7) is 3.60. The highest BCUT2D eigenvalue weighted by Crippen LogP contribution is 2.34. The third kappa shape index (κ3) is 3.85. The average Bonchev–Trinajstić information content (AvgIpc) is 3.08. The van der Waals surface area contributed by atoms with E-state index in [4.69, 9.17) is 4.74 Å². The van der Waals surface area contributed by atoms with Gasteiger partial charge in [0, 0.05) is 5.69 Å². The molecule has 5 nitrogen and oxygen atoms in total. The highest BCUT2D eigenvalue weighted by Gasteiger charge is 2.40. The molecule has 1 aromatic heterocycles. The second kappa shape index (κ2) is 7.38. The molecule has 1 N–H and O–H groups in total. The molecule has 1 amide bonds. The van der Waals surface area contributed by atoms with E-state index in [1.54, 1.807) is 37.3 Å². The van der Waals surface area contributed by atoms with E-state index in [1.807, 2.05) is 6.92 Å². The fourth-order valence-electron chi connectivity index (χ4n) is 2.82. The van der Waals surface area contributed by atoms with E-state index < -0.39 is 23.3 Å². The minimum absolute atomic E-state index is 0.220. The highest BCUT2D eigenvalue weighted by atomic mass is 19.4. The standard InChI is InChI=1S/C20H18F3N3O2/c1-12-4-7-15(8-5-12)26-18(20(21,22)23)16(11-24-26)19(27)25-14-6-9-17(28-3)13(2)10-14/h4-11H,1-3H3,(H,25,27). The van der Waals surface area contributed by atoms with Gasteiger partial charge in [-0.3, -0.25) is 4.79 Å². The molecule has 0 bridgehead atoms. The molecular weight excluding hydrogens is 371 g/mol. The van der Waals surface area contributed by atoms with Crippen LogP contribution in [0.1, 0.15) is 27.2 Å². The Morgan fingerprint density at radius 2 is 1.79 bits per heavy atom. The first-order chi connectivity index (χ1) is 13.2. The maximum Gasteiger partial charge on any atom is 0.434 e. The van der Waals surface area contributed by atoms with Crippen molar-refractivity contribution in [3.63, 3.8) is 0 Å². The van der Waals surface area contributed by atoms with Crippen molar-refractivity contribution in [2.75, 3.05) is 12.4 Å². The molecule has 0 saturated carbocycles. The fraction of sp³-hybridized carbons (Fsp3) is 0.200. The van der Waals surface area contributed by atoms with Gasteiger partial charge in [-0.05, 0) is 49.7 Å². The molecule has 3 aromatic rings. The summed E-state index contributed by atoms with van der Waals surface area (Å²) in [4.78, 5) is 12.6. The van der Waals surface area contributed by atoms with E-state index in [9.17, 15) is 18.0 Å². The molecule has 146 valence electrons. The van der Waals surface area contributed by atoms with Crippen molar-refractivity contribution in [1.29, 1.82) is 0 Å². The van der Waals surface area contributed by atoms with Gasteiger partial charge in [0.1, 0.15) is 5.75 Å². The van der Waals surface area contributed by atoms with Crippen molar-refractivity contribution in [1.82, 2.24) is 9.78 Å². The van der Waals surface area contributed by atoms with Crippen LogP contribution in [0.5, 0.6) is 5.75 Å². The largest absolute Gasteiger partial charge is 0.496 e. The molecule has 2 aromatic carbocycles. The van der Waals surface area contributed by atoms with Crippen LogP contribution in [0, 0.1) is 13.8 Å². The molecule has 0 saturated heterocycles. The number of carbonyl (C=O) groups is 1. The normalized spacial score (nSPS) is 11.4. The lowest BCUT2D eigenvalue weighted by atomic mass is 10.1. The Balaban J connectivity index is 1.98. The lowest BCUT2D eigenvalue weighted by molar-refractivity contribution is -0.143. The summed E-state index contributed by atoms with van der Waals surface area (Å²) in [5.74, 6) is -0.281. The summed E-state index contributed by atoms with van der Waals surface area (Å²) in [7, 11) is 1.51. The Morgan fingerprint density at radius 3 is 2.36 bits per heavy atom. The van der Waals surface area contributed by atoms with Gasteiger partial charge >= 0.3 is 6.18 Å². The van der Waals surface area contributed by atoms with Gasteiger partial charge in [-0.25, -0.2) is 4.68 Å². The Bertz CT molecular complexity index is 1010. The molecule has 0 aliphatic carbocycles. The number of hydrogen-bond acceptors (Lipinski definition) is 3. The Kier molecular flexibility index (Phi) is 5.13. The maximum absolute atomic E-state index is 13.7. The van der Waals surface area contributed by atoms with Crippen LogP contribution in [0.4, 0.5) is 18.9 Å². The van der Waals surface area contributed by atoms with Crippen LogP contribution < -0.4 is 10.1 Å². The van der Waals surface area contributed by atoms with Crippen LogP contribution >= 0.6 is 0 Å². The first-order valence-corrected chi connectivity index (χ1v) is 8.39. The summed E-state index contributed by atoms with van der Waals surface area (Å²) < 4.78 is 47.0. The predicted octanol–water partition coefficient (Wildman–Crippen LogP) is 4.77.